The fraction of sp³-hybridized carbons (Fsp3) is 0.700. The van der Waals surface area contributed by atoms with Crippen molar-refractivity contribution in [2.24, 2.45) is 5.92 Å². The van der Waals surface area contributed by atoms with Gasteiger partial charge in [-0.15, -0.1) is 0 Å². The molecule has 3 aliphatic rings. The first kappa shape index (κ1) is 17.0. The van der Waals surface area contributed by atoms with Gasteiger partial charge in [-0.05, 0) is 64.1 Å². The van der Waals surface area contributed by atoms with Gasteiger partial charge in [0.15, 0.2) is 0 Å². The smallest absolute Gasteiger partial charge is 0.134 e. The molecule has 2 N–H and O–H groups in total. The molecule has 1 aliphatic carbocycles. The Morgan fingerprint density at radius 1 is 1.20 bits per heavy atom. The molecule has 1 atom stereocenters. The summed E-state index contributed by atoms with van der Waals surface area (Å²) in [6.07, 6.45) is 12.0. The van der Waals surface area contributed by atoms with Crippen LogP contribution in [0.3, 0.4) is 0 Å². The summed E-state index contributed by atoms with van der Waals surface area (Å²) in [5.74, 6) is 3.50. The van der Waals surface area contributed by atoms with Gasteiger partial charge >= 0.3 is 0 Å². The van der Waals surface area contributed by atoms with Crippen LogP contribution in [0.4, 0.5) is 5.82 Å². The minimum absolute atomic E-state index is 0.516. The maximum absolute atomic E-state index is 4.95. The van der Waals surface area contributed by atoms with E-state index < -0.39 is 0 Å². The van der Waals surface area contributed by atoms with Crippen LogP contribution in [0.1, 0.15) is 55.1 Å². The molecule has 2 aliphatic heterocycles. The van der Waals surface area contributed by atoms with Gasteiger partial charge in [-0.2, -0.15) is 0 Å². The molecule has 1 aromatic heterocycles. The molecule has 3 heterocycles. The lowest BCUT2D eigenvalue weighted by Gasteiger charge is -2.34. The number of anilines is 1. The van der Waals surface area contributed by atoms with Crippen LogP contribution in [-0.4, -0.2) is 48.1 Å². The Labute approximate surface area is 151 Å². The Kier molecular flexibility index (Phi) is 5.32. The van der Waals surface area contributed by atoms with Crippen molar-refractivity contribution in [3.8, 4) is 0 Å². The van der Waals surface area contributed by atoms with Gasteiger partial charge in [0.25, 0.3) is 0 Å². The second-order valence-corrected chi connectivity index (χ2v) is 7.76. The number of likely N-dealkylation sites (tertiary alicyclic amines) is 1. The number of piperidine rings is 1. The van der Waals surface area contributed by atoms with Crippen molar-refractivity contribution in [3.05, 3.63) is 29.2 Å². The number of rotatable bonds is 4. The second-order valence-electron chi connectivity index (χ2n) is 7.76. The van der Waals surface area contributed by atoms with E-state index in [0.717, 1.165) is 37.1 Å². The Balaban J connectivity index is 1.39. The Morgan fingerprint density at radius 3 is 2.84 bits per heavy atom. The average molecular weight is 342 g/mol. The summed E-state index contributed by atoms with van der Waals surface area (Å²) in [5, 5.41) is 6.74. The van der Waals surface area contributed by atoms with Crippen LogP contribution < -0.4 is 10.6 Å². The van der Waals surface area contributed by atoms with Crippen LogP contribution in [0.25, 0.3) is 0 Å². The maximum atomic E-state index is 4.95. The summed E-state index contributed by atoms with van der Waals surface area (Å²) in [4.78, 5) is 12.5. The van der Waals surface area contributed by atoms with Crippen LogP contribution in [0.2, 0.25) is 0 Å². The maximum Gasteiger partial charge on any atom is 0.134 e. The van der Waals surface area contributed by atoms with Crippen molar-refractivity contribution in [2.75, 3.05) is 38.5 Å². The first-order valence-corrected chi connectivity index (χ1v) is 9.99. The van der Waals surface area contributed by atoms with Gasteiger partial charge in [0.1, 0.15) is 11.6 Å². The van der Waals surface area contributed by atoms with Crippen molar-refractivity contribution in [1.29, 1.82) is 0 Å². The van der Waals surface area contributed by atoms with Gasteiger partial charge in [-0.25, -0.2) is 9.97 Å². The summed E-state index contributed by atoms with van der Waals surface area (Å²) in [6.45, 7) is 5.57. The summed E-state index contributed by atoms with van der Waals surface area (Å²) >= 11 is 0. The van der Waals surface area contributed by atoms with Crippen molar-refractivity contribution >= 4 is 5.82 Å². The summed E-state index contributed by atoms with van der Waals surface area (Å²) in [7, 11) is 1.98. The first-order valence-electron chi connectivity index (χ1n) is 9.99. The normalized spacial score (nSPS) is 24.9. The van der Waals surface area contributed by atoms with Gasteiger partial charge in [0, 0.05) is 31.6 Å². The van der Waals surface area contributed by atoms with E-state index in [9.17, 15) is 0 Å². The number of fused-ring (bicyclic) bond motifs is 1. The highest BCUT2D eigenvalue weighted by molar-refractivity contribution is 5.47. The van der Waals surface area contributed by atoms with Crippen molar-refractivity contribution < 1.29 is 0 Å². The van der Waals surface area contributed by atoms with Crippen molar-refractivity contribution in [1.82, 2.24) is 20.2 Å². The zero-order chi connectivity index (χ0) is 17.1. The number of nitrogens with one attached hydrogen (secondary N) is 2. The van der Waals surface area contributed by atoms with Gasteiger partial charge in [0.2, 0.25) is 0 Å². The molecule has 1 fully saturated rings. The molecule has 5 nitrogen and oxygen atoms in total. The quantitative estimate of drug-likeness (QED) is 0.825. The van der Waals surface area contributed by atoms with Crippen LogP contribution in [0, 0.1) is 5.92 Å². The summed E-state index contributed by atoms with van der Waals surface area (Å²) in [5.41, 5.74) is 2.52. The zero-order valence-corrected chi connectivity index (χ0v) is 15.4. The van der Waals surface area contributed by atoms with Crippen LogP contribution in [-0.2, 0) is 13.0 Å². The molecule has 0 spiro atoms. The van der Waals surface area contributed by atoms with Crippen LogP contribution in [0.5, 0.6) is 0 Å². The van der Waals surface area contributed by atoms with Crippen LogP contribution >= 0.6 is 0 Å². The largest absolute Gasteiger partial charge is 0.373 e. The average Bonchev–Trinajstić information content (AvgIpc) is 2.68. The van der Waals surface area contributed by atoms with E-state index in [0.29, 0.717) is 5.92 Å². The Morgan fingerprint density at radius 2 is 2.08 bits per heavy atom. The highest BCUT2D eigenvalue weighted by Crippen LogP contribution is 2.30. The predicted octanol–water partition coefficient (Wildman–Crippen LogP) is 2.70. The molecular weight excluding hydrogens is 310 g/mol. The number of nitrogens with zero attached hydrogens (tertiary/aromatic N) is 3. The number of aromatic nitrogens is 2. The highest BCUT2D eigenvalue weighted by atomic mass is 15.1. The fourth-order valence-electron chi connectivity index (χ4n) is 4.53. The zero-order valence-electron chi connectivity index (χ0n) is 15.4. The molecule has 0 bridgehead atoms. The lowest BCUT2D eigenvalue weighted by molar-refractivity contribution is 0.175. The Bertz CT molecular complexity index is 602. The summed E-state index contributed by atoms with van der Waals surface area (Å²) in [6, 6.07) is 0. The fourth-order valence-corrected chi connectivity index (χ4v) is 4.53. The van der Waals surface area contributed by atoms with Crippen molar-refractivity contribution in [3.63, 3.8) is 0 Å². The van der Waals surface area contributed by atoms with E-state index in [1.54, 1.807) is 0 Å². The number of hydrogen-bond acceptors (Lipinski definition) is 5. The lowest BCUT2D eigenvalue weighted by Crippen LogP contribution is -2.37. The van der Waals surface area contributed by atoms with E-state index in [1.807, 2.05) is 7.05 Å². The molecule has 0 radical (unpaired) electrons. The van der Waals surface area contributed by atoms with Gasteiger partial charge < -0.3 is 15.5 Å². The van der Waals surface area contributed by atoms with Crippen molar-refractivity contribution in [2.45, 2.75) is 51.0 Å². The van der Waals surface area contributed by atoms with E-state index in [1.165, 1.54) is 63.0 Å². The molecule has 0 unspecified atom stereocenters. The molecule has 5 heteroatoms. The Hall–Kier alpha value is -1.46. The standard InChI is InChI=1S/C20H31N5/c1-21-20-17-7-10-22-13-18(17)23-19(24-20)16-8-11-25(12-9-16)14-15-5-3-2-4-6-15/h2-3,15-16,22H,4-14H2,1H3,(H,21,23,24)/t15-/m1/s1. The molecule has 0 saturated carbocycles. The summed E-state index contributed by atoms with van der Waals surface area (Å²) < 4.78 is 0. The van der Waals surface area contributed by atoms with Gasteiger partial charge in [-0.3, -0.25) is 0 Å². The van der Waals surface area contributed by atoms with E-state index >= 15 is 0 Å². The van der Waals surface area contributed by atoms with Gasteiger partial charge in [0.05, 0.1) is 5.69 Å². The SMILES string of the molecule is CNc1nc(C2CCN(C[C@@H]3CC=CCC3)CC2)nc2c1CCNC2. The number of allylic oxidation sites excluding steroid dienone is 2. The number of hydrogen-bond donors (Lipinski definition) is 2. The molecule has 1 saturated heterocycles. The second kappa shape index (κ2) is 7.83. The van der Waals surface area contributed by atoms with E-state index in [2.05, 4.69) is 27.7 Å². The predicted molar refractivity (Wildman–Crippen MR) is 102 cm³/mol. The molecule has 0 amide bonds. The molecule has 4 rings (SSSR count). The third-order valence-corrected chi connectivity index (χ3v) is 6.04. The highest BCUT2D eigenvalue weighted by Gasteiger charge is 2.26. The molecule has 25 heavy (non-hydrogen) atoms. The minimum atomic E-state index is 0.516. The third kappa shape index (κ3) is 3.87. The molecular formula is C20H31N5. The minimum Gasteiger partial charge on any atom is -0.373 e. The van der Waals surface area contributed by atoms with Crippen LogP contribution in [0.15, 0.2) is 12.2 Å². The monoisotopic (exact) mass is 341 g/mol. The third-order valence-electron chi connectivity index (χ3n) is 6.04. The molecule has 136 valence electrons. The van der Waals surface area contributed by atoms with Gasteiger partial charge in [-0.1, -0.05) is 12.2 Å². The molecule has 1 aromatic rings. The first-order chi connectivity index (χ1) is 12.3. The van der Waals surface area contributed by atoms with E-state index in [-0.39, 0.29) is 0 Å². The van der Waals surface area contributed by atoms with E-state index in [4.69, 9.17) is 9.97 Å². The lowest BCUT2D eigenvalue weighted by atomic mass is 9.91. The topological polar surface area (TPSA) is 53.1 Å². The molecule has 0 aromatic carbocycles.